The Hall–Kier alpha value is -1.06. The van der Waals surface area contributed by atoms with Crippen LogP contribution < -0.4 is 5.73 Å². The van der Waals surface area contributed by atoms with E-state index in [9.17, 15) is 5.11 Å². The molecule has 1 heterocycles. The smallest absolute Gasteiger partial charge is 0.0875 e. The molecule has 1 aromatic carbocycles. The van der Waals surface area contributed by atoms with E-state index in [2.05, 4.69) is 4.99 Å². The second kappa shape index (κ2) is 3.72. The van der Waals surface area contributed by atoms with Crippen LogP contribution in [-0.4, -0.2) is 11.3 Å². The number of nitrogens with two attached hydrogens (primary N) is 1. The zero-order valence-corrected chi connectivity index (χ0v) is 11.3. The fraction of sp³-hybridized carbons (Fsp3) is 0.500. The molecule has 1 fully saturated rings. The first-order valence-electron chi connectivity index (χ1n) is 6.28. The molecule has 0 spiro atoms. The summed E-state index contributed by atoms with van der Waals surface area (Å²) in [5.74, 6) is 0.958. The predicted octanol–water partition coefficient (Wildman–Crippen LogP) is 3.36. The molecular weight excluding hydrogens is 248 g/mol. The minimum Gasteiger partial charge on any atom is -0.398 e. The summed E-state index contributed by atoms with van der Waals surface area (Å²) in [6, 6.07) is 1.83. The topological polar surface area (TPSA) is 58.6 Å². The minimum absolute atomic E-state index is 0.300. The summed E-state index contributed by atoms with van der Waals surface area (Å²) in [5, 5.41) is 10.8. The van der Waals surface area contributed by atoms with Crippen LogP contribution in [0.2, 0.25) is 5.02 Å². The number of aliphatic hydroxyl groups is 1. The summed E-state index contributed by atoms with van der Waals surface area (Å²) in [5.41, 5.74) is 8.01. The average Bonchev–Trinajstić information content (AvgIpc) is 2.97. The quantitative estimate of drug-likeness (QED) is 0.805. The van der Waals surface area contributed by atoms with Crippen molar-refractivity contribution in [3.05, 3.63) is 22.2 Å². The zero-order chi connectivity index (χ0) is 13.1. The lowest BCUT2D eigenvalue weighted by atomic mass is 9.88. The highest BCUT2D eigenvalue weighted by molar-refractivity contribution is 6.33. The second-order valence-corrected chi connectivity index (χ2v) is 6.17. The Balaban J connectivity index is 2.18. The Labute approximate surface area is 112 Å². The Kier molecular flexibility index (Phi) is 2.48. The summed E-state index contributed by atoms with van der Waals surface area (Å²) in [4.78, 5) is 4.42. The molecule has 1 aliphatic heterocycles. The van der Waals surface area contributed by atoms with Crippen molar-refractivity contribution in [2.24, 2.45) is 10.9 Å². The normalized spacial score (nSPS) is 22.3. The van der Waals surface area contributed by atoms with Gasteiger partial charge in [-0.15, -0.1) is 0 Å². The van der Waals surface area contributed by atoms with Crippen LogP contribution in [0.25, 0.3) is 0 Å². The van der Waals surface area contributed by atoms with E-state index in [1.54, 1.807) is 13.8 Å². The van der Waals surface area contributed by atoms with Crippen LogP contribution in [0.3, 0.4) is 0 Å². The van der Waals surface area contributed by atoms with Gasteiger partial charge in [0.15, 0.2) is 0 Å². The molecule has 2 aliphatic rings. The van der Waals surface area contributed by atoms with Gasteiger partial charge in [-0.2, -0.15) is 0 Å². The van der Waals surface area contributed by atoms with Crippen LogP contribution in [0.4, 0.5) is 11.4 Å². The van der Waals surface area contributed by atoms with Crippen LogP contribution in [0.5, 0.6) is 0 Å². The summed E-state index contributed by atoms with van der Waals surface area (Å²) in [7, 11) is 0. The van der Waals surface area contributed by atoms with E-state index >= 15 is 0 Å². The van der Waals surface area contributed by atoms with Gasteiger partial charge in [0.25, 0.3) is 0 Å². The monoisotopic (exact) mass is 264 g/mol. The standard InChI is InChI=1S/C14H17ClN2O/c1-14(2,18)12-9(16)5-10-11(13(12)15)8(6-17-10)7-3-4-7/h5-8,18H,3-4,16H2,1-2H3. The van der Waals surface area contributed by atoms with Crippen molar-refractivity contribution in [1.82, 2.24) is 0 Å². The molecule has 0 saturated heterocycles. The molecule has 1 atom stereocenters. The van der Waals surface area contributed by atoms with Crippen molar-refractivity contribution in [3.63, 3.8) is 0 Å². The maximum absolute atomic E-state index is 10.2. The van der Waals surface area contributed by atoms with E-state index in [1.165, 1.54) is 12.8 Å². The van der Waals surface area contributed by atoms with Crippen LogP contribution in [0.1, 0.15) is 43.7 Å². The van der Waals surface area contributed by atoms with Crippen molar-refractivity contribution >= 4 is 29.2 Å². The van der Waals surface area contributed by atoms with Gasteiger partial charge in [-0.25, -0.2) is 0 Å². The number of nitrogens with zero attached hydrogens (tertiary/aromatic N) is 1. The molecule has 1 aliphatic carbocycles. The molecular formula is C14H17ClN2O. The third kappa shape index (κ3) is 1.73. The molecule has 1 aromatic rings. The fourth-order valence-electron chi connectivity index (χ4n) is 2.76. The number of aliphatic imine (C=N–C) groups is 1. The van der Waals surface area contributed by atoms with Crippen LogP contribution in [0.15, 0.2) is 11.1 Å². The third-order valence-electron chi connectivity index (χ3n) is 3.76. The molecule has 0 aromatic heterocycles. The number of hydrogen-bond donors (Lipinski definition) is 2. The lowest BCUT2D eigenvalue weighted by Crippen LogP contribution is -2.19. The molecule has 0 radical (unpaired) electrons. The Morgan fingerprint density at radius 3 is 2.67 bits per heavy atom. The molecule has 1 unspecified atom stereocenters. The van der Waals surface area contributed by atoms with Gasteiger partial charge >= 0.3 is 0 Å². The molecule has 96 valence electrons. The Bertz CT molecular complexity index is 542. The van der Waals surface area contributed by atoms with Gasteiger partial charge in [-0.3, -0.25) is 4.99 Å². The van der Waals surface area contributed by atoms with Gasteiger partial charge in [-0.1, -0.05) is 11.6 Å². The number of anilines is 1. The van der Waals surface area contributed by atoms with E-state index in [0.29, 0.717) is 28.1 Å². The van der Waals surface area contributed by atoms with E-state index < -0.39 is 5.60 Å². The number of nitrogen functional groups attached to an aromatic ring is 1. The minimum atomic E-state index is -1.03. The van der Waals surface area contributed by atoms with Crippen molar-refractivity contribution in [3.8, 4) is 0 Å². The first-order valence-corrected chi connectivity index (χ1v) is 6.66. The highest BCUT2D eigenvalue weighted by Gasteiger charge is 2.38. The lowest BCUT2D eigenvalue weighted by molar-refractivity contribution is 0.0794. The number of benzene rings is 1. The first-order chi connectivity index (χ1) is 8.39. The number of rotatable bonds is 2. The van der Waals surface area contributed by atoms with Crippen LogP contribution in [0, 0.1) is 5.92 Å². The van der Waals surface area contributed by atoms with Crippen LogP contribution in [-0.2, 0) is 5.60 Å². The van der Waals surface area contributed by atoms with Crippen molar-refractivity contribution in [2.75, 3.05) is 5.73 Å². The predicted molar refractivity (Wildman–Crippen MR) is 74.7 cm³/mol. The summed E-state index contributed by atoms with van der Waals surface area (Å²) in [6.45, 7) is 3.41. The van der Waals surface area contributed by atoms with E-state index in [4.69, 9.17) is 17.3 Å². The van der Waals surface area contributed by atoms with Crippen molar-refractivity contribution in [2.45, 2.75) is 38.2 Å². The maximum Gasteiger partial charge on any atom is 0.0875 e. The number of fused-ring (bicyclic) bond motifs is 1. The fourth-order valence-corrected chi connectivity index (χ4v) is 3.33. The summed E-state index contributed by atoms with van der Waals surface area (Å²) in [6.07, 6.45) is 4.44. The van der Waals surface area contributed by atoms with Gasteiger partial charge < -0.3 is 10.8 Å². The van der Waals surface area contributed by atoms with Gasteiger partial charge in [0, 0.05) is 28.9 Å². The summed E-state index contributed by atoms with van der Waals surface area (Å²) >= 11 is 6.49. The van der Waals surface area contributed by atoms with E-state index in [-0.39, 0.29) is 0 Å². The van der Waals surface area contributed by atoms with Gasteiger partial charge in [0.1, 0.15) is 0 Å². The molecule has 0 bridgehead atoms. The Morgan fingerprint density at radius 1 is 1.44 bits per heavy atom. The van der Waals surface area contributed by atoms with E-state index in [0.717, 1.165) is 11.3 Å². The van der Waals surface area contributed by atoms with Gasteiger partial charge in [0.05, 0.1) is 16.3 Å². The molecule has 3 N–H and O–H groups in total. The Morgan fingerprint density at radius 2 is 2.11 bits per heavy atom. The second-order valence-electron chi connectivity index (χ2n) is 5.79. The summed E-state index contributed by atoms with van der Waals surface area (Å²) < 4.78 is 0. The lowest BCUT2D eigenvalue weighted by Gasteiger charge is -2.24. The molecule has 0 amide bonds. The third-order valence-corrected chi connectivity index (χ3v) is 4.15. The molecule has 3 rings (SSSR count). The highest BCUT2D eigenvalue weighted by Crippen LogP contribution is 2.52. The molecule has 1 saturated carbocycles. The highest BCUT2D eigenvalue weighted by atomic mass is 35.5. The molecule has 3 nitrogen and oxygen atoms in total. The number of halogens is 1. The zero-order valence-electron chi connectivity index (χ0n) is 10.6. The maximum atomic E-state index is 10.2. The van der Waals surface area contributed by atoms with E-state index in [1.807, 2.05) is 12.3 Å². The number of hydrogen-bond acceptors (Lipinski definition) is 3. The first kappa shape index (κ1) is 12.0. The average molecular weight is 265 g/mol. The molecule has 18 heavy (non-hydrogen) atoms. The van der Waals surface area contributed by atoms with Crippen LogP contribution >= 0.6 is 11.6 Å². The van der Waals surface area contributed by atoms with Gasteiger partial charge in [-0.05, 0) is 38.7 Å². The van der Waals surface area contributed by atoms with Crippen molar-refractivity contribution in [1.29, 1.82) is 0 Å². The largest absolute Gasteiger partial charge is 0.398 e. The van der Waals surface area contributed by atoms with Gasteiger partial charge in [0.2, 0.25) is 0 Å². The van der Waals surface area contributed by atoms with Crippen molar-refractivity contribution < 1.29 is 5.11 Å². The molecule has 4 heteroatoms. The SMILES string of the molecule is CC(C)(O)c1c(N)cc2c(c1Cl)C(C1CC1)C=N2.